The first-order chi connectivity index (χ1) is 14.9. The van der Waals surface area contributed by atoms with E-state index in [1.807, 2.05) is 80.6 Å². The third-order valence-electron chi connectivity index (χ3n) is 4.82. The van der Waals surface area contributed by atoms with Gasteiger partial charge in [0.1, 0.15) is 6.04 Å². The molecule has 0 heterocycles. The first kappa shape index (κ1) is 22.0. The molecule has 0 radical (unpaired) electrons. The van der Waals surface area contributed by atoms with E-state index in [1.165, 1.54) is 0 Å². The topological polar surface area (TPSA) is 84.5 Å². The van der Waals surface area contributed by atoms with Gasteiger partial charge in [0.25, 0.3) is 5.91 Å². The van der Waals surface area contributed by atoms with Crippen molar-refractivity contribution in [3.8, 4) is 0 Å². The largest absolute Gasteiger partial charge is 0.454 e. The Balaban J connectivity index is 1.52. The predicted octanol–water partition coefficient (Wildman–Crippen LogP) is 3.71. The molecule has 0 aliphatic rings. The Bertz CT molecular complexity index is 1060. The molecule has 0 unspecified atom stereocenters. The van der Waals surface area contributed by atoms with Crippen LogP contribution in [0.25, 0.3) is 10.8 Å². The number of ether oxygens (including phenoxy) is 1. The van der Waals surface area contributed by atoms with Crippen LogP contribution in [0, 0.1) is 5.92 Å². The van der Waals surface area contributed by atoms with Gasteiger partial charge in [0, 0.05) is 5.69 Å². The lowest BCUT2D eigenvalue weighted by molar-refractivity contribution is -0.151. The molecule has 2 N–H and O–H groups in total. The number of fused-ring (bicyclic) bond motifs is 1. The second kappa shape index (κ2) is 10.4. The molecule has 0 saturated heterocycles. The summed E-state index contributed by atoms with van der Waals surface area (Å²) in [5.74, 6) is -1.54. The van der Waals surface area contributed by atoms with E-state index < -0.39 is 24.5 Å². The third kappa shape index (κ3) is 6.40. The summed E-state index contributed by atoms with van der Waals surface area (Å²) in [6.07, 6.45) is 0.166. The van der Waals surface area contributed by atoms with Crippen LogP contribution >= 0.6 is 0 Å². The normalized spacial score (nSPS) is 11.7. The highest BCUT2D eigenvalue weighted by atomic mass is 16.5. The van der Waals surface area contributed by atoms with Gasteiger partial charge in [-0.3, -0.25) is 9.59 Å². The molecule has 6 nitrogen and oxygen atoms in total. The molecule has 1 atom stereocenters. The zero-order valence-electron chi connectivity index (χ0n) is 17.6. The summed E-state index contributed by atoms with van der Waals surface area (Å²) in [4.78, 5) is 37.0. The Morgan fingerprint density at radius 3 is 2.23 bits per heavy atom. The molecule has 160 valence electrons. The number of anilines is 1. The zero-order valence-corrected chi connectivity index (χ0v) is 17.6. The van der Waals surface area contributed by atoms with Gasteiger partial charge in [-0.15, -0.1) is 0 Å². The summed E-state index contributed by atoms with van der Waals surface area (Å²) in [6, 6.07) is 21.8. The quantitative estimate of drug-likeness (QED) is 0.546. The molecular weight excluding hydrogens is 392 g/mol. The number of hydrogen-bond acceptors (Lipinski definition) is 4. The summed E-state index contributed by atoms with van der Waals surface area (Å²) in [6.45, 7) is 3.19. The van der Waals surface area contributed by atoms with Crippen molar-refractivity contribution in [2.75, 3.05) is 11.9 Å². The Labute approximate surface area is 181 Å². The maximum absolute atomic E-state index is 12.5. The summed E-state index contributed by atoms with van der Waals surface area (Å²) in [5.41, 5.74) is 1.47. The van der Waals surface area contributed by atoms with Crippen molar-refractivity contribution in [1.29, 1.82) is 0 Å². The lowest BCUT2D eigenvalue weighted by Gasteiger charge is -2.20. The van der Waals surface area contributed by atoms with Crippen molar-refractivity contribution < 1.29 is 19.1 Å². The molecular formula is C25H26N2O4. The number of hydrogen-bond donors (Lipinski definition) is 2. The van der Waals surface area contributed by atoms with Crippen molar-refractivity contribution in [2.45, 2.75) is 26.3 Å². The number of carbonyl (C=O) groups excluding carboxylic acids is 3. The minimum atomic E-state index is -0.829. The van der Waals surface area contributed by atoms with Crippen LogP contribution in [0.3, 0.4) is 0 Å². The van der Waals surface area contributed by atoms with Gasteiger partial charge in [-0.2, -0.15) is 0 Å². The number of amides is 2. The van der Waals surface area contributed by atoms with Crippen LogP contribution in [0.5, 0.6) is 0 Å². The minimum absolute atomic E-state index is 0.166. The maximum Gasteiger partial charge on any atom is 0.329 e. The molecule has 0 saturated carbocycles. The van der Waals surface area contributed by atoms with E-state index in [4.69, 9.17) is 4.74 Å². The second-order valence-electron chi connectivity index (χ2n) is 7.67. The van der Waals surface area contributed by atoms with E-state index in [2.05, 4.69) is 10.6 Å². The first-order valence-electron chi connectivity index (χ1n) is 10.2. The Morgan fingerprint density at radius 2 is 1.52 bits per heavy atom. The number of nitrogens with one attached hydrogen (secondary N) is 2. The molecule has 3 aromatic carbocycles. The highest BCUT2D eigenvalue weighted by molar-refractivity contribution is 5.96. The van der Waals surface area contributed by atoms with Crippen LogP contribution in [-0.4, -0.2) is 30.4 Å². The van der Waals surface area contributed by atoms with Crippen molar-refractivity contribution in [3.05, 3.63) is 78.4 Å². The van der Waals surface area contributed by atoms with Crippen molar-refractivity contribution in [1.82, 2.24) is 5.32 Å². The van der Waals surface area contributed by atoms with Crippen LogP contribution < -0.4 is 10.6 Å². The Morgan fingerprint density at radius 1 is 0.839 bits per heavy atom. The van der Waals surface area contributed by atoms with Crippen LogP contribution in [0.1, 0.15) is 19.4 Å². The molecule has 0 bridgehead atoms. The lowest BCUT2D eigenvalue weighted by Crippen LogP contribution is -2.46. The van der Waals surface area contributed by atoms with E-state index in [-0.39, 0.29) is 18.2 Å². The van der Waals surface area contributed by atoms with Crippen LogP contribution in [-0.2, 0) is 25.5 Å². The van der Waals surface area contributed by atoms with E-state index in [1.54, 1.807) is 6.07 Å². The number of carbonyl (C=O) groups is 3. The van der Waals surface area contributed by atoms with Gasteiger partial charge in [0.2, 0.25) is 5.91 Å². The summed E-state index contributed by atoms with van der Waals surface area (Å²) >= 11 is 0. The van der Waals surface area contributed by atoms with Gasteiger partial charge in [0.05, 0.1) is 6.42 Å². The van der Waals surface area contributed by atoms with Crippen molar-refractivity contribution in [2.24, 2.45) is 5.92 Å². The van der Waals surface area contributed by atoms with E-state index in [0.717, 1.165) is 16.3 Å². The van der Waals surface area contributed by atoms with E-state index in [9.17, 15) is 14.4 Å². The monoisotopic (exact) mass is 418 g/mol. The zero-order chi connectivity index (χ0) is 22.2. The Kier molecular flexibility index (Phi) is 7.38. The molecule has 0 aromatic heterocycles. The van der Waals surface area contributed by atoms with Crippen LogP contribution in [0.15, 0.2) is 72.8 Å². The molecule has 3 aromatic rings. The standard InChI is InChI=1S/C25H26N2O4/c1-17(2)24(27-22(28)14-18-8-4-3-5-9-18)25(30)31-16-23(29)26-21-13-12-19-10-6-7-11-20(19)15-21/h3-13,15,17,24H,14,16H2,1-2H3,(H,26,29)(H,27,28)/t24-/m0/s1. The molecule has 2 amide bonds. The molecule has 3 rings (SSSR count). The fraction of sp³-hybridized carbons (Fsp3) is 0.240. The minimum Gasteiger partial charge on any atom is -0.454 e. The van der Waals surface area contributed by atoms with Crippen LogP contribution in [0.4, 0.5) is 5.69 Å². The molecule has 0 fully saturated rings. The highest BCUT2D eigenvalue weighted by Gasteiger charge is 2.26. The lowest BCUT2D eigenvalue weighted by atomic mass is 10.0. The summed E-state index contributed by atoms with van der Waals surface area (Å²) in [7, 11) is 0. The second-order valence-corrected chi connectivity index (χ2v) is 7.67. The van der Waals surface area contributed by atoms with Gasteiger partial charge < -0.3 is 15.4 Å². The summed E-state index contributed by atoms with van der Waals surface area (Å²) in [5, 5.41) is 7.51. The maximum atomic E-state index is 12.5. The average molecular weight is 418 g/mol. The van der Waals surface area contributed by atoms with Gasteiger partial charge in [-0.05, 0) is 34.4 Å². The Hall–Kier alpha value is -3.67. The molecule has 0 spiro atoms. The smallest absolute Gasteiger partial charge is 0.329 e. The SMILES string of the molecule is CC(C)[C@H](NC(=O)Cc1ccccc1)C(=O)OCC(=O)Nc1ccc2ccccc2c1. The van der Waals surface area contributed by atoms with Gasteiger partial charge in [0.15, 0.2) is 6.61 Å². The molecule has 0 aliphatic heterocycles. The van der Waals surface area contributed by atoms with E-state index >= 15 is 0 Å². The van der Waals surface area contributed by atoms with Gasteiger partial charge in [-0.1, -0.05) is 74.5 Å². The molecule has 31 heavy (non-hydrogen) atoms. The van der Waals surface area contributed by atoms with Crippen molar-refractivity contribution in [3.63, 3.8) is 0 Å². The highest BCUT2D eigenvalue weighted by Crippen LogP contribution is 2.18. The average Bonchev–Trinajstić information content (AvgIpc) is 2.76. The van der Waals surface area contributed by atoms with Gasteiger partial charge >= 0.3 is 5.97 Å². The van der Waals surface area contributed by atoms with Crippen molar-refractivity contribution >= 4 is 34.2 Å². The predicted molar refractivity (Wildman–Crippen MR) is 120 cm³/mol. The van der Waals surface area contributed by atoms with Crippen LogP contribution in [0.2, 0.25) is 0 Å². The molecule has 6 heteroatoms. The third-order valence-corrected chi connectivity index (χ3v) is 4.82. The number of rotatable bonds is 8. The van der Waals surface area contributed by atoms with Gasteiger partial charge in [-0.25, -0.2) is 4.79 Å². The van der Waals surface area contributed by atoms with E-state index in [0.29, 0.717) is 5.69 Å². The number of benzene rings is 3. The fourth-order valence-electron chi connectivity index (χ4n) is 3.19. The number of esters is 1. The summed E-state index contributed by atoms with van der Waals surface area (Å²) < 4.78 is 5.17. The molecule has 0 aliphatic carbocycles. The fourth-order valence-corrected chi connectivity index (χ4v) is 3.19. The first-order valence-corrected chi connectivity index (χ1v) is 10.2.